The number of carbonyl (C=O) groups excluding carboxylic acids is 1. The number of nitrogens with one attached hydrogen (secondary N) is 1. The van der Waals surface area contributed by atoms with Crippen LogP contribution < -0.4 is 5.43 Å². The highest BCUT2D eigenvalue weighted by Crippen LogP contribution is 2.07. The second-order valence-electron chi connectivity index (χ2n) is 4.25. The van der Waals surface area contributed by atoms with Crippen LogP contribution in [0.2, 0.25) is 0 Å². The summed E-state index contributed by atoms with van der Waals surface area (Å²) in [5.41, 5.74) is 3.78. The Morgan fingerprint density at radius 3 is 2.76 bits per heavy atom. The summed E-state index contributed by atoms with van der Waals surface area (Å²) in [5.74, 6) is -0.414. The van der Waals surface area contributed by atoms with Crippen LogP contribution in [-0.4, -0.2) is 26.3 Å². The molecule has 0 atom stereocenters. The summed E-state index contributed by atoms with van der Waals surface area (Å²) in [4.78, 5) is 21.6. The fraction of sp³-hybridized carbons (Fsp3) is 0.154. The van der Waals surface area contributed by atoms with E-state index in [4.69, 9.17) is 0 Å². The van der Waals surface area contributed by atoms with Crippen LogP contribution in [0.3, 0.4) is 0 Å². The van der Waals surface area contributed by atoms with Gasteiger partial charge in [0.15, 0.2) is 0 Å². The molecular weight excluding hydrogens is 274 g/mol. The molecule has 2 aromatic rings. The number of rotatable bonds is 5. The van der Waals surface area contributed by atoms with Crippen molar-refractivity contribution >= 4 is 17.3 Å². The van der Waals surface area contributed by atoms with Crippen molar-refractivity contribution in [1.82, 2.24) is 15.2 Å². The predicted molar refractivity (Wildman–Crippen MR) is 75.7 cm³/mol. The first-order valence-electron chi connectivity index (χ1n) is 6.11. The molecule has 1 aromatic heterocycles. The van der Waals surface area contributed by atoms with Gasteiger partial charge < -0.3 is 0 Å². The van der Waals surface area contributed by atoms with Crippen LogP contribution in [0.4, 0.5) is 5.69 Å². The van der Waals surface area contributed by atoms with E-state index in [1.165, 1.54) is 10.9 Å². The molecule has 0 unspecified atom stereocenters. The lowest BCUT2D eigenvalue weighted by Gasteiger charge is -2.02. The molecule has 1 N–H and O–H groups in total. The van der Waals surface area contributed by atoms with Gasteiger partial charge >= 0.3 is 5.69 Å². The number of hydrazone groups is 1. The third-order valence-corrected chi connectivity index (χ3v) is 2.68. The average molecular weight is 287 g/mol. The van der Waals surface area contributed by atoms with Gasteiger partial charge in [0.05, 0.1) is 10.6 Å². The first kappa shape index (κ1) is 14.4. The monoisotopic (exact) mass is 287 g/mol. The minimum Gasteiger partial charge on any atom is -0.271 e. The standard InChI is InChI=1S/C13H13N5O3/c1-10(11-5-3-2-4-6-11)15-16-13(19)9-17-8-12(7-14-17)18(20)21/h2-8H,9H2,1H3,(H,16,19). The smallest absolute Gasteiger partial charge is 0.271 e. The van der Waals surface area contributed by atoms with Crippen LogP contribution in [0.5, 0.6) is 0 Å². The van der Waals surface area contributed by atoms with Crippen molar-refractivity contribution in [2.24, 2.45) is 5.10 Å². The fourth-order valence-corrected chi connectivity index (χ4v) is 1.61. The summed E-state index contributed by atoms with van der Waals surface area (Å²) in [6.45, 7) is 1.63. The minimum absolute atomic E-state index is 0.139. The van der Waals surface area contributed by atoms with Crippen molar-refractivity contribution in [3.05, 3.63) is 58.4 Å². The van der Waals surface area contributed by atoms with Gasteiger partial charge in [-0.25, -0.2) is 5.43 Å². The van der Waals surface area contributed by atoms with Gasteiger partial charge in [-0.3, -0.25) is 19.6 Å². The van der Waals surface area contributed by atoms with E-state index in [1.807, 2.05) is 30.3 Å². The van der Waals surface area contributed by atoms with E-state index >= 15 is 0 Å². The third kappa shape index (κ3) is 3.96. The second kappa shape index (κ2) is 6.42. The van der Waals surface area contributed by atoms with Crippen molar-refractivity contribution in [3.8, 4) is 0 Å². The summed E-state index contributed by atoms with van der Waals surface area (Å²) in [6, 6.07) is 9.39. The van der Waals surface area contributed by atoms with Gasteiger partial charge in [-0.1, -0.05) is 30.3 Å². The van der Waals surface area contributed by atoms with Crippen LogP contribution in [-0.2, 0) is 11.3 Å². The SMILES string of the molecule is CC(=NNC(=O)Cn1cc([N+](=O)[O-])cn1)c1ccccc1. The number of amides is 1. The van der Waals surface area contributed by atoms with Crippen LogP contribution in [0.15, 0.2) is 47.8 Å². The van der Waals surface area contributed by atoms with Crippen LogP contribution in [0.25, 0.3) is 0 Å². The molecule has 0 radical (unpaired) electrons. The molecule has 21 heavy (non-hydrogen) atoms. The summed E-state index contributed by atoms with van der Waals surface area (Å²) in [6.07, 6.45) is 2.28. The Morgan fingerprint density at radius 1 is 1.43 bits per heavy atom. The van der Waals surface area contributed by atoms with Crippen molar-refractivity contribution in [1.29, 1.82) is 0 Å². The molecule has 0 fully saturated rings. The first-order valence-corrected chi connectivity index (χ1v) is 6.11. The van der Waals surface area contributed by atoms with E-state index in [0.717, 1.165) is 11.8 Å². The first-order chi connectivity index (χ1) is 10.1. The molecule has 1 amide bonds. The molecule has 0 saturated heterocycles. The van der Waals surface area contributed by atoms with Gasteiger partial charge in [-0.15, -0.1) is 0 Å². The Bertz CT molecular complexity index is 678. The molecule has 0 aliphatic rings. The minimum atomic E-state index is -0.570. The van der Waals surface area contributed by atoms with Gasteiger partial charge in [0.1, 0.15) is 18.9 Å². The summed E-state index contributed by atoms with van der Waals surface area (Å²) < 4.78 is 1.18. The molecule has 0 saturated carbocycles. The predicted octanol–water partition coefficient (Wildman–Crippen LogP) is 1.33. The molecule has 2 rings (SSSR count). The highest BCUT2D eigenvalue weighted by atomic mass is 16.6. The Balaban J connectivity index is 1.94. The topological polar surface area (TPSA) is 102 Å². The highest BCUT2D eigenvalue weighted by molar-refractivity contribution is 5.99. The van der Waals surface area contributed by atoms with E-state index in [-0.39, 0.29) is 12.2 Å². The molecule has 0 aliphatic carbocycles. The summed E-state index contributed by atoms with van der Waals surface area (Å²) in [5, 5.41) is 18.2. The van der Waals surface area contributed by atoms with Crippen molar-refractivity contribution in [2.45, 2.75) is 13.5 Å². The van der Waals surface area contributed by atoms with Gasteiger partial charge in [-0.05, 0) is 12.5 Å². The fourth-order valence-electron chi connectivity index (χ4n) is 1.61. The molecule has 1 aromatic carbocycles. The van der Waals surface area contributed by atoms with Crippen LogP contribution in [0.1, 0.15) is 12.5 Å². The lowest BCUT2D eigenvalue weighted by molar-refractivity contribution is -0.385. The number of benzene rings is 1. The zero-order valence-electron chi connectivity index (χ0n) is 11.3. The third-order valence-electron chi connectivity index (χ3n) is 2.68. The number of hydrogen-bond acceptors (Lipinski definition) is 5. The van der Waals surface area contributed by atoms with E-state index < -0.39 is 10.8 Å². The summed E-state index contributed by atoms with van der Waals surface area (Å²) >= 11 is 0. The second-order valence-corrected chi connectivity index (χ2v) is 4.25. The van der Waals surface area contributed by atoms with Crippen molar-refractivity contribution in [3.63, 3.8) is 0 Å². The maximum absolute atomic E-state index is 11.7. The lowest BCUT2D eigenvalue weighted by Crippen LogP contribution is -2.24. The zero-order valence-corrected chi connectivity index (χ0v) is 11.3. The Hall–Kier alpha value is -3.03. The normalized spacial score (nSPS) is 11.2. The van der Waals surface area contributed by atoms with Gasteiger partial charge in [0, 0.05) is 0 Å². The number of aromatic nitrogens is 2. The quantitative estimate of drug-likeness (QED) is 0.509. The van der Waals surface area contributed by atoms with E-state index in [1.54, 1.807) is 6.92 Å². The number of hydrogen-bond donors (Lipinski definition) is 1. The highest BCUT2D eigenvalue weighted by Gasteiger charge is 2.10. The van der Waals surface area contributed by atoms with E-state index in [0.29, 0.717) is 5.71 Å². The Morgan fingerprint density at radius 2 is 2.14 bits per heavy atom. The molecule has 1 heterocycles. The Labute approximate surface area is 120 Å². The molecule has 108 valence electrons. The van der Waals surface area contributed by atoms with Gasteiger partial charge in [0.25, 0.3) is 5.91 Å². The molecule has 0 bridgehead atoms. The van der Waals surface area contributed by atoms with Crippen LogP contribution >= 0.6 is 0 Å². The van der Waals surface area contributed by atoms with E-state index in [2.05, 4.69) is 15.6 Å². The van der Waals surface area contributed by atoms with Crippen LogP contribution in [0, 0.1) is 10.1 Å². The lowest BCUT2D eigenvalue weighted by atomic mass is 10.1. The van der Waals surface area contributed by atoms with Gasteiger partial charge in [0.2, 0.25) is 0 Å². The van der Waals surface area contributed by atoms with Gasteiger partial charge in [-0.2, -0.15) is 10.2 Å². The maximum atomic E-state index is 11.7. The number of nitro groups is 1. The maximum Gasteiger partial charge on any atom is 0.307 e. The molecule has 8 heteroatoms. The number of nitrogens with zero attached hydrogens (tertiary/aromatic N) is 4. The molecule has 8 nitrogen and oxygen atoms in total. The summed E-state index contributed by atoms with van der Waals surface area (Å²) in [7, 11) is 0. The Kier molecular flexibility index (Phi) is 4.39. The largest absolute Gasteiger partial charge is 0.307 e. The van der Waals surface area contributed by atoms with E-state index in [9.17, 15) is 14.9 Å². The molecular formula is C13H13N5O3. The number of carbonyl (C=O) groups is 1. The van der Waals surface area contributed by atoms with Crippen molar-refractivity contribution < 1.29 is 9.72 Å². The average Bonchev–Trinajstić information content (AvgIpc) is 2.94. The molecule has 0 aliphatic heterocycles. The zero-order chi connectivity index (χ0) is 15.2. The molecule has 0 spiro atoms. The van der Waals surface area contributed by atoms with Crippen molar-refractivity contribution in [2.75, 3.05) is 0 Å².